The van der Waals surface area contributed by atoms with Crippen LogP contribution < -0.4 is 5.32 Å². The topological polar surface area (TPSA) is 53.6 Å². The van der Waals surface area contributed by atoms with E-state index >= 15 is 0 Å². The molecule has 0 bridgehead atoms. The van der Waals surface area contributed by atoms with Crippen molar-refractivity contribution in [2.24, 2.45) is 0 Å². The molecule has 1 aromatic rings. The molecule has 1 N–H and O–H groups in total. The van der Waals surface area contributed by atoms with Gasteiger partial charge in [0.15, 0.2) is 0 Å². The molecule has 0 atom stereocenters. The maximum atomic E-state index is 8.48. The van der Waals surface area contributed by atoms with Crippen LogP contribution in [-0.4, -0.2) is 21.9 Å². The molecule has 17 heavy (non-hydrogen) atoms. The second kappa shape index (κ2) is 6.41. The molecule has 0 radical (unpaired) electrons. The lowest BCUT2D eigenvalue weighted by Crippen LogP contribution is -2.36. The van der Waals surface area contributed by atoms with Gasteiger partial charge in [0.05, 0.1) is 25.2 Å². The van der Waals surface area contributed by atoms with Gasteiger partial charge in [-0.15, -0.1) is 0 Å². The Balaban J connectivity index is 2.23. The lowest BCUT2D eigenvalue weighted by Gasteiger charge is -2.20. The first-order valence-corrected chi connectivity index (χ1v) is 6.14. The van der Waals surface area contributed by atoms with Crippen LogP contribution in [0.4, 0.5) is 0 Å². The Morgan fingerprint density at radius 3 is 2.88 bits per heavy atom. The average Bonchev–Trinajstić information content (AvgIpc) is 2.68. The fourth-order valence-corrected chi connectivity index (χ4v) is 1.58. The van der Waals surface area contributed by atoms with Crippen LogP contribution >= 0.6 is 0 Å². The Morgan fingerprint density at radius 2 is 2.24 bits per heavy atom. The molecule has 0 spiro atoms. The molecular formula is C13H22N4. The third-order valence-corrected chi connectivity index (χ3v) is 2.44. The average molecular weight is 234 g/mol. The Morgan fingerprint density at radius 1 is 1.47 bits per heavy atom. The first-order chi connectivity index (χ1) is 8.01. The quantitative estimate of drug-likeness (QED) is 0.767. The molecule has 0 aliphatic heterocycles. The van der Waals surface area contributed by atoms with Crippen LogP contribution in [0.1, 0.15) is 39.2 Å². The summed E-state index contributed by atoms with van der Waals surface area (Å²) in [7, 11) is 0. The molecule has 0 unspecified atom stereocenters. The highest BCUT2D eigenvalue weighted by Gasteiger charge is 2.07. The molecule has 0 aliphatic rings. The van der Waals surface area contributed by atoms with Crippen molar-refractivity contribution in [3.05, 3.63) is 18.0 Å². The van der Waals surface area contributed by atoms with Crippen LogP contribution in [-0.2, 0) is 13.0 Å². The predicted octanol–water partition coefficient (Wildman–Crippen LogP) is 2.12. The van der Waals surface area contributed by atoms with E-state index in [0.717, 1.165) is 19.4 Å². The van der Waals surface area contributed by atoms with Crippen LogP contribution in [0.2, 0.25) is 0 Å². The molecule has 0 fully saturated rings. The number of nitrogens with one attached hydrogen (secondary N) is 1. The van der Waals surface area contributed by atoms with Gasteiger partial charge in [-0.1, -0.05) is 0 Å². The lowest BCUT2D eigenvalue weighted by atomic mass is 10.1. The van der Waals surface area contributed by atoms with Crippen LogP contribution in [0.15, 0.2) is 12.4 Å². The molecule has 1 heterocycles. The second-order valence-corrected chi connectivity index (χ2v) is 5.30. The van der Waals surface area contributed by atoms with Crippen molar-refractivity contribution >= 4 is 0 Å². The van der Waals surface area contributed by atoms with Gasteiger partial charge < -0.3 is 5.32 Å². The van der Waals surface area contributed by atoms with Gasteiger partial charge in [0.2, 0.25) is 0 Å². The summed E-state index contributed by atoms with van der Waals surface area (Å²) < 4.78 is 1.84. The number of nitriles is 1. The van der Waals surface area contributed by atoms with Crippen molar-refractivity contribution in [2.75, 3.05) is 6.54 Å². The summed E-state index contributed by atoms with van der Waals surface area (Å²) in [4.78, 5) is 0. The molecule has 1 rings (SSSR count). The zero-order chi connectivity index (χ0) is 12.7. The summed E-state index contributed by atoms with van der Waals surface area (Å²) in [6, 6.07) is 2.12. The molecule has 0 saturated heterocycles. The van der Waals surface area contributed by atoms with Crippen LogP contribution in [0, 0.1) is 11.3 Å². The molecule has 94 valence electrons. The Hall–Kier alpha value is -1.34. The highest BCUT2D eigenvalue weighted by molar-refractivity contribution is 5.04. The van der Waals surface area contributed by atoms with Crippen molar-refractivity contribution < 1.29 is 0 Å². The summed E-state index contributed by atoms with van der Waals surface area (Å²) in [5.74, 6) is 0. The molecule has 4 nitrogen and oxygen atoms in total. The summed E-state index contributed by atoms with van der Waals surface area (Å²) in [5.41, 5.74) is 1.44. The van der Waals surface area contributed by atoms with Gasteiger partial charge in [-0.2, -0.15) is 10.4 Å². The zero-order valence-corrected chi connectivity index (χ0v) is 11.0. The van der Waals surface area contributed by atoms with Gasteiger partial charge in [0.1, 0.15) is 0 Å². The molecular weight excluding hydrogens is 212 g/mol. The van der Waals surface area contributed by atoms with Gasteiger partial charge in [-0.3, -0.25) is 4.68 Å². The van der Waals surface area contributed by atoms with Gasteiger partial charge in [0, 0.05) is 11.7 Å². The summed E-state index contributed by atoms with van der Waals surface area (Å²) in [5, 5.41) is 16.2. The minimum Gasteiger partial charge on any atom is -0.312 e. The standard InChI is InChI=1S/C13H22N4/c1-13(2,3)15-8-4-6-12-10-16-17(11-12)9-5-7-14/h10-11,15H,4-6,8-9H2,1-3H3. The van der Waals surface area contributed by atoms with Gasteiger partial charge in [0.25, 0.3) is 0 Å². The number of hydrogen-bond acceptors (Lipinski definition) is 3. The Kier molecular flexibility index (Phi) is 5.17. The maximum absolute atomic E-state index is 8.48. The van der Waals surface area contributed by atoms with Crippen molar-refractivity contribution in [3.63, 3.8) is 0 Å². The Bertz CT molecular complexity index is 368. The minimum atomic E-state index is 0.191. The number of rotatable bonds is 6. The first-order valence-electron chi connectivity index (χ1n) is 6.14. The maximum Gasteiger partial charge on any atom is 0.0641 e. The third-order valence-electron chi connectivity index (χ3n) is 2.44. The monoisotopic (exact) mass is 234 g/mol. The summed E-state index contributed by atoms with van der Waals surface area (Å²) in [6.45, 7) is 8.23. The fourth-order valence-electron chi connectivity index (χ4n) is 1.58. The molecule has 0 aromatic carbocycles. The van der Waals surface area contributed by atoms with E-state index in [1.165, 1.54) is 5.56 Å². The molecule has 0 aliphatic carbocycles. The SMILES string of the molecule is CC(C)(C)NCCCc1cnn(CCC#N)c1. The number of nitrogens with zero attached hydrogens (tertiary/aromatic N) is 3. The number of aryl methyl sites for hydroxylation is 2. The van der Waals surface area contributed by atoms with E-state index in [4.69, 9.17) is 5.26 Å². The predicted molar refractivity (Wildman–Crippen MR) is 68.5 cm³/mol. The van der Waals surface area contributed by atoms with E-state index in [0.29, 0.717) is 13.0 Å². The minimum absolute atomic E-state index is 0.191. The molecule has 0 amide bonds. The first kappa shape index (κ1) is 13.7. The number of aromatic nitrogens is 2. The van der Waals surface area contributed by atoms with E-state index in [1.807, 2.05) is 17.1 Å². The van der Waals surface area contributed by atoms with E-state index < -0.39 is 0 Å². The molecule has 0 saturated carbocycles. The third kappa shape index (κ3) is 6.08. The zero-order valence-electron chi connectivity index (χ0n) is 11.0. The van der Waals surface area contributed by atoms with Gasteiger partial charge >= 0.3 is 0 Å². The van der Waals surface area contributed by atoms with E-state index in [1.54, 1.807) is 0 Å². The van der Waals surface area contributed by atoms with Crippen molar-refractivity contribution in [3.8, 4) is 6.07 Å². The summed E-state index contributed by atoms with van der Waals surface area (Å²) in [6.07, 6.45) is 6.60. The normalized spacial score (nSPS) is 11.4. The second-order valence-electron chi connectivity index (χ2n) is 5.30. The van der Waals surface area contributed by atoms with Crippen molar-refractivity contribution in [2.45, 2.75) is 52.1 Å². The molecule has 1 aromatic heterocycles. The van der Waals surface area contributed by atoms with E-state index in [9.17, 15) is 0 Å². The van der Waals surface area contributed by atoms with E-state index in [-0.39, 0.29) is 5.54 Å². The fraction of sp³-hybridized carbons (Fsp3) is 0.692. The smallest absolute Gasteiger partial charge is 0.0641 e. The van der Waals surface area contributed by atoms with Crippen LogP contribution in [0.25, 0.3) is 0 Å². The highest BCUT2D eigenvalue weighted by atomic mass is 15.3. The Labute approximate surface area is 104 Å². The number of hydrogen-bond donors (Lipinski definition) is 1. The van der Waals surface area contributed by atoms with Crippen LogP contribution in [0.5, 0.6) is 0 Å². The highest BCUT2D eigenvalue weighted by Crippen LogP contribution is 2.04. The van der Waals surface area contributed by atoms with Crippen LogP contribution in [0.3, 0.4) is 0 Å². The van der Waals surface area contributed by atoms with Gasteiger partial charge in [-0.05, 0) is 45.7 Å². The largest absolute Gasteiger partial charge is 0.312 e. The lowest BCUT2D eigenvalue weighted by molar-refractivity contribution is 0.422. The van der Waals surface area contributed by atoms with Gasteiger partial charge in [-0.25, -0.2) is 0 Å². The molecule has 4 heteroatoms. The summed E-state index contributed by atoms with van der Waals surface area (Å²) >= 11 is 0. The van der Waals surface area contributed by atoms with Crippen molar-refractivity contribution in [1.82, 2.24) is 15.1 Å². The van der Waals surface area contributed by atoms with Crippen molar-refractivity contribution in [1.29, 1.82) is 5.26 Å². The van der Waals surface area contributed by atoms with E-state index in [2.05, 4.69) is 37.3 Å².